The highest BCUT2D eigenvalue weighted by Gasteiger charge is 2.38. The lowest BCUT2D eigenvalue weighted by atomic mass is 10.0. The molecule has 0 unspecified atom stereocenters. The van der Waals surface area contributed by atoms with Gasteiger partial charge in [0.2, 0.25) is 11.1 Å². The average Bonchev–Trinajstić information content (AvgIpc) is 3.18. The van der Waals surface area contributed by atoms with E-state index in [-0.39, 0.29) is 11.9 Å². The maximum Gasteiger partial charge on any atom is 0.240 e. The first-order valence-electron chi connectivity index (χ1n) is 10.4. The molecule has 2 N–H and O–H groups in total. The van der Waals surface area contributed by atoms with Crippen LogP contribution in [0.15, 0.2) is 47.6 Å². The second-order valence-corrected chi connectivity index (χ2v) is 8.75. The van der Waals surface area contributed by atoms with Crippen molar-refractivity contribution in [2.24, 2.45) is 0 Å². The third-order valence-electron chi connectivity index (χ3n) is 5.57. The predicted octanol–water partition coefficient (Wildman–Crippen LogP) is 4.25. The summed E-state index contributed by atoms with van der Waals surface area (Å²) in [5.41, 5.74) is 7.53. The number of carbonyl (C=O) groups is 1. The Labute approximate surface area is 186 Å². The Hall–Kier alpha value is -3.00. The van der Waals surface area contributed by atoms with E-state index in [0.29, 0.717) is 5.16 Å². The van der Waals surface area contributed by atoms with Crippen molar-refractivity contribution < 1.29 is 9.53 Å². The molecule has 2 aromatic carbocycles. The van der Waals surface area contributed by atoms with Gasteiger partial charge in [0.15, 0.2) is 5.82 Å². The van der Waals surface area contributed by atoms with E-state index in [1.54, 1.807) is 7.11 Å². The van der Waals surface area contributed by atoms with Crippen LogP contribution in [0.25, 0.3) is 0 Å². The molecule has 2 heterocycles. The van der Waals surface area contributed by atoms with E-state index in [0.717, 1.165) is 46.8 Å². The second kappa shape index (κ2) is 9.01. The van der Waals surface area contributed by atoms with E-state index in [9.17, 15) is 4.79 Å². The van der Waals surface area contributed by atoms with E-state index in [1.807, 2.05) is 61.0 Å². The van der Waals surface area contributed by atoms with Crippen LogP contribution in [0.1, 0.15) is 41.9 Å². The number of anilines is 1. The Morgan fingerprint density at radius 2 is 1.97 bits per heavy atom. The van der Waals surface area contributed by atoms with Crippen LogP contribution < -0.4 is 15.5 Å². The van der Waals surface area contributed by atoms with Crippen molar-refractivity contribution in [1.29, 1.82) is 0 Å². The quantitative estimate of drug-likeness (QED) is 0.600. The number of methoxy groups -OCH3 is 1. The zero-order valence-electron chi connectivity index (χ0n) is 18.2. The Morgan fingerprint density at radius 3 is 2.68 bits per heavy atom. The van der Waals surface area contributed by atoms with Crippen LogP contribution in [0, 0.1) is 13.8 Å². The fourth-order valence-electron chi connectivity index (χ4n) is 3.64. The van der Waals surface area contributed by atoms with Gasteiger partial charge in [0, 0.05) is 12.1 Å². The van der Waals surface area contributed by atoms with Crippen LogP contribution >= 0.6 is 11.8 Å². The van der Waals surface area contributed by atoms with Gasteiger partial charge in [-0.15, -0.1) is 10.2 Å². The van der Waals surface area contributed by atoms with E-state index in [2.05, 4.69) is 27.9 Å². The number of hydrogen-bond acceptors (Lipinski definition) is 6. The number of rotatable bonds is 6. The molecule has 4 rings (SSSR count). The molecule has 0 bridgehead atoms. The number of aromatic nitrogens is 3. The second-order valence-electron chi connectivity index (χ2n) is 7.64. The standard InChI is InChI=1S/C23H27N5O2S/c1-5-7-19-25-26-23-28(19)27-20(16-10-12-17(30-4)13-11-16)21(31-23)22(29)24-18-9-6-8-14(2)15(18)3/h6,8-13,20-21,27H,5,7H2,1-4H3,(H,24,29)/t20-,21+/m1/s1. The first-order valence-corrected chi connectivity index (χ1v) is 11.3. The Morgan fingerprint density at radius 1 is 1.19 bits per heavy atom. The number of nitrogens with one attached hydrogen (secondary N) is 2. The summed E-state index contributed by atoms with van der Waals surface area (Å²) >= 11 is 1.44. The van der Waals surface area contributed by atoms with Gasteiger partial charge in [0.1, 0.15) is 11.0 Å². The summed E-state index contributed by atoms with van der Waals surface area (Å²) in [4.78, 5) is 13.4. The van der Waals surface area contributed by atoms with Crippen LogP contribution in [0.5, 0.6) is 5.75 Å². The number of amides is 1. The van der Waals surface area contributed by atoms with Crippen LogP contribution in [-0.2, 0) is 11.2 Å². The molecular formula is C23H27N5O2S. The molecule has 8 heteroatoms. The maximum absolute atomic E-state index is 13.4. The van der Waals surface area contributed by atoms with E-state index in [4.69, 9.17) is 4.74 Å². The van der Waals surface area contributed by atoms with Gasteiger partial charge in [-0.2, -0.15) is 0 Å². The lowest BCUT2D eigenvalue weighted by Gasteiger charge is -2.33. The van der Waals surface area contributed by atoms with Crippen molar-refractivity contribution in [3.05, 3.63) is 65.0 Å². The fraction of sp³-hybridized carbons (Fsp3) is 0.348. The van der Waals surface area contributed by atoms with Gasteiger partial charge < -0.3 is 15.5 Å². The lowest BCUT2D eigenvalue weighted by Crippen LogP contribution is -2.41. The minimum Gasteiger partial charge on any atom is -0.497 e. The van der Waals surface area contributed by atoms with E-state index < -0.39 is 5.25 Å². The summed E-state index contributed by atoms with van der Waals surface area (Å²) in [5.74, 6) is 1.58. The van der Waals surface area contributed by atoms with Crippen LogP contribution in [-0.4, -0.2) is 33.1 Å². The Bertz CT molecular complexity index is 1080. The first-order chi connectivity index (χ1) is 15.0. The molecular weight excluding hydrogens is 410 g/mol. The van der Waals surface area contributed by atoms with Crippen molar-refractivity contribution in [3.8, 4) is 5.75 Å². The number of ether oxygens (including phenoxy) is 1. The molecule has 0 aliphatic carbocycles. The monoisotopic (exact) mass is 437 g/mol. The molecule has 1 amide bonds. The highest BCUT2D eigenvalue weighted by Crippen LogP contribution is 2.38. The number of hydrogen-bond donors (Lipinski definition) is 2. The molecule has 31 heavy (non-hydrogen) atoms. The zero-order chi connectivity index (χ0) is 22.0. The third-order valence-corrected chi connectivity index (χ3v) is 6.79. The van der Waals surface area contributed by atoms with Crippen molar-refractivity contribution in [2.45, 2.75) is 50.1 Å². The number of fused-ring (bicyclic) bond motifs is 1. The van der Waals surface area contributed by atoms with Gasteiger partial charge in [0.05, 0.1) is 13.2 Å². The van der Waals surface area contributed by atoms with Gasteiger partial charge in [-0.1, -0.05) is 43.0 Å². The molecule has 1 aliphatic rings. The summed E-state index contributed by atoms with van der Waals surface area (Å²) in [5, 5.41) is 12.0. The van der Waals surface area contributed by atoms with Crippen molar-refractivity contribution in [1.82, 2.24) is 14.9 Å². The summed E-state index contributed by atoms with van der Waals surface area (Å²) in [6, 6.07) is 13.5. The molecule has 2 atom stereocenters. The van der Waals surface area contributed by atoms with E-state index in [1.165, 1.54) is 11.8 Å². The van der Waals surface area contributed by atoms with Gasteiger partial charge in [0.25, 0.3) is 0 Å². The molecule has 0 spiro atoms. The summed E-state index contributed by atoms with van der Waals surface area (Å²) in [6.07, 6.45) is 1.78. The molecule has 0 fully saturated rings. The zero-order valence-corrected chi connectivity index (χ0v) is 19.0. The molecule has 7 nitrogen and oxygen atoms in total. The van der Waals surface area contributed by atoms with Gasteiger partial charge in [-0.3, -0.25) is 4.79 Å². The number of carbonyl (C=O) groups excluding carboxylic acids is 1. The normalized spacial score (nSPS) is 17.5. The number of thioether (sulfide) groups is 1. The van der Waals surface area contributed by atoms with Crippen molar-refractivity contribution in [3.63, 3.8) is 0 Å². The number of nitrogens with zero attached hydrogens (tertiary/aromatic N) is 3. The lowest BCUT2D eigenvalue weighted by molar-refractivity contribution is -0.116. The fourth-order valence-corrected chi connectivity index (χ4v) is 4.73. The Kier molecular flexibility index (Phi) is 6.18. The molecule has 162 valence electrons. The number of benzene rings is 2. The molecule has 3 aromatic rings. The van der Waals surface area contributed by atoms with Gasteiger partial charge >= 0.3 is 0 Å². The molecule has 1 aliphatic heterocycles. The highest BCUT2D eigenvalue weighted by molar-refractivity contribution is 8.00. The third kappa shape index (κ3) is 4.25. The highest BCUT2D eigenvalue weighted by atomic mass is 32.2. The van der Waals surface area contributed by atoms with Gasteiger partial charge in [-0.25, -0.2) is 4.68 Å². The summed E-state index contributed by atoms with van der Waals surface area (Å²) in [7, 11) is 1.64. The predicted molar refractivity (Wildman–Crippen MR) is 123 cm³/mol. The average molecular weight is 438 g/mol. The molecule has 0 saturated heterocycles. The van der Waals surface area contributed by atoms with Gasteiger partial charge in [-0.05, 0) is 55.2 Å². The molecule has 1 aromatic heterocycles. The molecule has 0 saturated carbocycles. The minimum absolute atomic E-state index is 0.0710. The topological polar surface area (TPSA) is 81.1 Å². The van der Waals surface area contributed by atoms with Crippen LogP contribution in [0.3, 0.4) is 0 Å². The number of aryl methyl sites for hydroxylation is 2. The first kappa shape index (κ1) is 21.2. The SMILES string of the molecule is CCCc1nnc2n1N[C@H](c1ccc(OC)cc1)[C@@H](C(=O)Nc1cccc(C)c1C)S2. The smallest absolute Gasteiger partial charge is 0.240 e. The summed E-state index contributed by atoms with van der Waals surface area (Å²) < 4.78 is 7.22. The Balaban J connectivity index is 1.68. The van der Waals surface area contributed by atoms with E-state index >= 15 is 0 Å². The van der Waals surface area contributed by atoms with Crippen molar-refractivity contribution >= 4 is 23.4 Å². The largest absolute Gasteiger partial charge is 0.497 e. The molecule has 0 radical (unpaired) electrons. The van der Waals surface area contributed by atoms with Crippen molar-refractivity contribution in [2.75, 3.05) is 17.9 Å². The van der Waals surface area contributed by atoms with Crippen LogP contribution in [0.2, 0.25) is 0 Å². The minimum atomic E-state index is -0.417. The van der Waals surface area contributed by atoms with Crippen LogP contribution in [0.4, 0.5) is 5.69 Å². The maximum atomic E-state index is 13.4. The summed E-state index contributed by atoms with van der Waals surface area (Å²) in [6.45, 7) is 6.17.